The van der Waals surface area contributed by atoms with Gasteiger partial charge in [0, 0.05) is 12.6 Å². The second kappa shape index (κ2) is 9.61. The third-order valence-electron chi connectivity index (χ3n) is 5.00. The van der Waals surface area contributed by atoms with Gasteiger partial charge in [-0.05, 0) is 36.6 Å². The summed E-state index contributed by atoms with van der Waals surface area (Å²) in [5, 5.41) is 3.16. The summed E-state index contributed by atoms with van der Waals surface area (Å²) < 4.78 is 32.9. The lowest BCUT2D eigenvalue weighted by atomic mass is 10.2. The van der Waals surface area contributed by atoms with Crippen LogP contribution < -0.4 is 10.1 Å². The molecule has 1 fully saturated rings. The minimum absolute atomic E-state index is 0.0212. The maximum Gasteiger partial charge on any atom is 0.243 e. The maximum absolute atomic E-state index is 13.3. The molecule has 0 saturated heterocycles. The van der Waals surface area contributed by atoms with E-state index in [1.54, 1.807) is 0 Å². The molecule has 2 aromatic carbocycles. The van der Waals surface area contributed by atoms with Gasteiger partial charge >= 0.3 is 0 Å². The number of rotatable bonds is 8. The molecule has 1 amide bonds. The van der Waals surface area contributed by atoms with Gasteiger partial charge in [-0.2, -0.15) is 4.31 Å². The molecular formula is C21H25ClN2O4S. The number of benzene rings is 2. The molecule has 0 atom stereocenters. The summed E-state index contributed by atoms with van der Waals surface area (Å²) in [4.78, 5) is 12.6. The van der Waals surface area contributed by atoms with Gasteiger partial charge in [-0.3, -0.25) is 4.79 Å². The predicted octanol–water partition coefficient (Wildman–Crippen LogP) is 3.60. The second-order valence-corrected chi connectivity index (χ2v) is 9.45. The van der Waals surface area contributed by atoms with Crippen LogP contribution in [-0.4, -0.2) is 38.3 Å². The number of nitrogens with zero attached hydrogens (tertiary/aromatic N) is 1. The zero-order valence-electron chi connectivity index (χ0n) is 16.3. The zero-order chi connectivity index (χ0) is 20.9. The summed E-state index contributed by atoms with van der Waals surface area (Å²) >= 11 is 6.13. The van der Waals surface area contributed by atoms with E-state index >= 15 is 0 Å². The number of sulfonamides is 1. The molecule has 0 bridgehead atoms. The van der Waals surface area contributed by atoms with Crippen molar-refractivity contribution in [3.63, 3.8) is 0 Å². The lowest BCUT2D eigenvalue weighted by molar-refractivity contribution is -0.122. The van der Waals surface area contributed by atoms with Crippen LogP contribution in [0.2, 0.25) is 5.02 Å². The topological polar surface area (TPSA) is 75.7 Å². The van der Waals surface area contributed by atoms with Crippen molar-refractivity contribution in [1.29, 1.82) is 0 Å². The second-order valence-electron chi connectivity index (χ2n) is 7.10. The maximum atomic E-state index is 13.3. The fourth-order valence-electron chi connectivity index (χ4n) is 3.47. The average Bonchev–Trinajstić information content (AvgIpc) is 3.21. The fraction of sp³-hybridized carbons (Fsp3) is 0.381. The van der Waals surface area contributed by atoms with Gasteiger partial charge in [0.05, 0.1) is 23.6 Å². The molecule has 1 N–H and O–H groups in total. The lowest BCUT2D eigenvalue weighted by Crippen LogP contribution is -2.43. The van der Waals surface area contributed by atoms with E-state index in [4.69, 9.17) is 16.3 Å². The summed E-state index contributed by atoms with van der Waals surface area (Å²) in [5.74, 6) is 0.0928. The van der Waals surface area contributed by atoms with Crippen molar-refractivity contribution in [2.45, 2.75) is 43.2 Å². The van der Waals surface area contributed by atoms with E-state index in [0.29, 0.717) is 5.75 Å². The molecule has 1 aliphatic carbocycles. The van der Waals surface area contributed by atoms with Crippen molar-refractivity contribution >= 4 is 27.5 Å². The largest absolute Gasteiger partial charge is 0.495 e. The predicted molar refractivity (Wildman–Crippen MR) is 112 cm³/mol. The Labute approximate surface area is 176 Å². The van der Waals surface area contributed by atoms with E-state index in [9.17, 15) is 13.2 Å². The molecule has 8 heteroatoms. The van der Waals surface area contributed by atoms with Crippen molar-refractivity contribution in [1.82, 2.24) is 9.62 Å². The lowest BCUT2D eigenvalue weighted by Gasteiger charge is -2.23. The van der Waals surface area contributed by atoms with Crippen molar-refractivity contribution in [3.05, 3.63) is 59.1 Å². The van der Waals surface area contributed by atoms with Crippen LogP contribution in [0.3, 0.4) is 0 Å². The van der Waals surface area contributed by atoms with Crippen LogP contribution >= 0.6 is 11.6 Å². The molecule has 0 unspecified atom stereocenters. The Balaban J connectivity index is 1.86. The summed E-state index contributed by atoms with van der Waals surface area (Å²) in [6.45, 7) is -0.164. The highest BCUT2D eigenvalue weighted by Gasteiger charge is 2.28. The minimum atomic E-state index is -3.94. The van der Waals surface area contributed by atoms with E-state index in [0.717, 1.165) is 31.2 Å². The van der Waals surface area contributed by atoms with Crippen molar-refractivity contribution in [2.24, 2.45) is 0 Å². The standard InChI is InChI=1S/C21H25ClN2O4S/c1-28-20-12-11-18(13-19(20)22)29(26,27)24(14-16-7-3-2-4-8-16)15-21(25)23-17-9-5-6-10-17/h2-4,7-8,11-13,17H,5-6,9-10,14-15H2,1H3,(H,23,25). The molecular weight excluding hydrogens is 412 g/mol. The monoisotopic (exact) mass is 436 g/mol. The molecule has 0 aliphatic heterocycles. The number of nitrogens with one attached hydrogen (secondary N) is 1. The van der Waals surface area contributed by atoms with Crippen LogP contribution in [0, 0.1) is 0 Å². The number of carbonyl (C=O) groups is 1. The third-order valence-corrected chi connectivity index (χ3v) is 7.09. The third kappa shape index (κ3) is 5.50. The molecule has 29 heavy (non-hydrogen) atoms. The Kier molecular flexibility index (Phi) is 7.16. The first-order valence-electron chi connectivity index (χ1n) is 9.57. The highest BCUT2D eigenvalue weighted by molar-refractivity contribution is 7.89. The number of hydrogen-bond acceptors (Lipinski definition) is 4. The Morgan fingerprint density at radius 2 is 1.86 bits per heavy atom. The van der Waals surface area contributed by atoms with E-state index in [1.807, 2.05) is 30.3 Å². The van der Waals surface area contributed by atoms with E-state index in [-0.39, 0.29) is 35.0 Å². The first-order valence-corrected chi connectivity index (χ1v) is 11.4. The normalized spacial score (nSPS) is 14.9. The Hall–Kier alpha value is -2.09. The van der Waals surface area contributed by atoms with Gasteiger partial charge in [-0.1, -0.05) is 54.8 Å². The quantitative estimate of drug-likeness (QED) is 0.686. The van der Waals surface area contributed by atoms with Gasteiger partial charge < -0.3 is 10.1 Å². The molecule has 0 heterocycles. The van der Waals surface area contributed by atoms with Crippen molar-refractivity contribution in [2.75, 3.05) is 13.7 Å². The number of carbonyl (C=O) groups excluding carboxylic acids is 1. The minimum Gasteiger partial charge on any atom is -0.495 e. The molecule has 0 radical (unpaired) electrons. The number of methoxy groups -OCH3 is 1. The molecule has 6 nitrogen and oxygen atoms in total. The number of ether oxygens (including phenoxy) is 1. The smallest absolute Gasteiger partial charge is 0.243 e. The van der Waals surface area contributed by atoms with Gasteiger partial charge in [0.15, 0.2) is 0 Å². The van der Waals surface area contributed by atoms with Gasteiger partial charge in [-0.15, -0.1) is 0 Å². The fourth-order valence-corrected chi connectivity index (χ4v) is 5.21. The highest BCUT2D eigenvalue weighted by Crippen LogP contribution is 2.29. The summed E-state index contributed by atoms with van der Waals surface area (Å²) in [6.07, 6.45) is 4.04. The summed E-state index contributed by atoms with van der Waals surface area (Å²) in [6, 6.07) is 13.6. The van der Waals surface area contributed by atoms with Crippen LogP contribution in [0.5, 0.6) is 5.75 Å². The van der Waals surface area contributed by atoms with Gasteiger partial charge in [0.2, 0.25) is 15.9 Å². The van der Waals surface area contributed by atoms with Gasteiger partial charge in [-0.25, -0.2) is 8.42 Å². The first-order chi connectivity index (χ1) is 13.9. The number of amides is 1. The van der Waals surface area contributed by atoms with E-state index in [2.05, 4.69) is 5.32 Å². The Morgan fingerprint density at radius 3 is 2.48 bits per heavy atom. The van der Waals surface area contributed by atoms with E-state index in [1.165, 1.54) is 29.6 Å². The molecule has 0 aromatic heterocycles. The van der Waals surface area contributed by atoms with Crippen molar-refractivity contribution < 1.29 is 17.9 Å². The van der Waals surface area contributed by atoms with E-state index < -0.39 is 10.0 Å². The summed E-state index contributed by atoms with van der Waals surface area (Å²) in [5.41, 5.74) is 0.796. The molecule has 3 rings (SSSR count). The molecule has 0 spiro atoms. The average molecular weight is 437 g/mol. The number of halogens is 1. The van der Waals surface area contributed by atoms with Crippen LogP contribution in [0.4, 0.5) is 0 Å². The molecule has 2 aromatic rings. The molecule has 1 saturated carbocycles. The SMILES string of the molecule is COc1ccc(S(=O)(=O)N(CC(=O)NC2CCCC2)Cc2ccccc2)cc1Cl. The first kappa shape index (κ1) is 21.6. The van der Waals surface area contributed by atoms with Crippen LogP contribution in [0.25, 0.3) is 0 Å². The van der Waals surface area contributed by atoms with Crippen LogP contribution in [-0.2, 0) is 21.4 Å². The van der Waals surface area contributed by atoms with Gasteiger partial charge in [0.1, 0.15) is 5.75 Å². The Bertz CT molecular complexity index is 944. The Morgan fingerprint density at radius 1 is 1.17 bits per heavy atom. The van der Waals surface area contributed by atoms with Crippen molar-refractivity contribution in [3.8, 4) is 5.75 Å². The molecule has 1 aliphatic rings. The number of hydrogen-bond donors (Lipinski definition) is 1. The zero-order valence-corrected chi connectivity index (χ0v) is 17.9. The van der Waals surface area contributed by atoms with Crippen LogP contribution in [0.1, 0.15) is 31.2 Å². The summed E-state index contributed by atoms with van der Waals surface area (Å²) in [7, 11) is -2.48. The van der Waals surface area contributed by atoms with Crippen LogP contribution in [0.15, 0.2) is 53.4 Å². The van der Waals surface area contributed by atoms with Gasteiger partial charge in [0.25, 0.3) is 0 Å². The molecule has 156 valence electrons. The highest BCUT2D eigenvalue weighted by atomic mass is 35.5.